The third-order valence-corrected chi connectivity index (χ3v) is 12.0. The molecular formula is C51H54N12O5. The molecule has 2 atom stereocenters. The van der Waals surface area contributed by atoms with E-state index >= 15 is 0 Å². The molecule has 3 aliphatic heterocycles. The zero-order valence-electron chi connectivity index (χ0n) is 38.0. The van der Waals surface area contributed by atoms with Crippen molar-refractivity contribution >= 4 is 51.1 Å². The van der Waals surface area contributed by atoms with Crippen LogP contribution in [0.3, 0.4) is 0 Å². The summed E-state index contributed by atoms with van der Waals surface area (Å²) >= 11 is 0. The number of benzene rings is 2. The minimum atomic E-state index is -0.0429. The lowest BCUT2D eigenvalue weighted by Crippen LogP contribution is -2.36. The molecule has 68 heavy (non-hydrogen) atoms. The van der Waals surface area contributed by atoms with E-state index in [0.717, 1.165) is 67.8 Å². The number of hydrogen-bond acceptors (Lipinski definition) is 13. The summed E-state index contributed by atoms with van der Waals surface area (Å²) < 4.78 is 17.1. The summed E-state index contributed by atoms with van der Waals surface area (Å²) in [7, 11) is 1.85. The van der Waals surface area contributed by atoms with Gasteiger partial charge in [0.25, 0.3) is 5.91 Å². The molecule has 2 amide bonds. The van der Waals surface area contributed by atoms with Crippen LogP contribution >= 0.6 is 0 Å². The Labute approximate surface area is 394 Å². The number of aromatic amines is 2. The van der Waals surface area contributed by atoms with Crippen LogP contribution in [-0.2, 0) is 14.3 Å². The smallest absolute Gasteiger partial charge is 0.254 e. The second-order valence-corrected chi connectivity index (χ2v) is 16.6. The first-order chi connectivity index (χ1) is 33.5. The van der Waals surface area contributed by atoms with Crippen molar-refractivity contribution in [3.05, 3.63) is 115 Å². The number of likely N-dealkylation sites (N-methyl/N-ethyl adjacent to an activating group) is 1. The van der Waals surface area contributed by atoms with Crippen LogP contribution in [0.4, 0.5) is 11.6 Å². The summed E-state index contributed by atoms with van der Waals surface area (Å²) in [6.07, 6.45) is 10.2. The lowest BCUT2D eigenvalue weighted by atomic mass is 10.0. The average molecular weight is 915 g/mol. The highest BCUT2D eigenvalue weighted by Crippen LogP contribution is 2.27. The van der Waals surface area contributed by atoms with Gasteiger partial charge in [-0.25, -0.2) is 19.9 Å². The molecule has 0 aliphatic carbocycles. The van der Waals surface area contributed by atoms with Crippen molar-refractivity contribution in [2.24, 2.45) is 0 Å². The number of carbonyl (C=O) groups is 2. The van der Waals surface area contributed by atoms with E-state index in [1.807, 2.05) is 95.7 Å². The van der Waals surface area contributed by atoms with Crippen LogP contribution < -0.4 is 25.4 Å². The van der Waals surface area contributed by atoms with E-state index in [4.69, 9.17) is 14.2 Å². The quantitative estimate of drug-likeness (QED) is 0.0725. The molecule has 0 spiro atoms. The third kappa shape index (κ3) is 11.6. The first-order valence-electron chi connectivity index (χ1n) is 22.9. The predicted octanol–water partition coefficient (Wildman–Crippen LogP) is 4.31. The Kier molecular flexibility index (Phi) is 14.8. The van der Waals surface area contributed by atoms with Gasteiger partial charge in [-0.15, -0.1) is 0 Å². The van der Waals surface area contributed by atoms with Gasteiger partial charge in [0.05, 0.1) is 35.4 Å². The van der Waals surface area contributed by atoms with E-state index in [1.165, 1.54) is 12.7 Å². The Balaban J connectivity index is 0.756. The first-order valence-corrected chi connectivity index (χ1v) is 22.9. The van der Waals surface area contributed by atoms with Gasteiger partial charge in [-0.05, 0) is 73.7 Å². The Morgan fingerprint density at radius 3 is 1.97 bits per heavy atom. The highest BCUT2D eigenvalue weighted by atomic mass is 16.5. The van der Waals surface area contributed by atoms with E-state index in [1.54, 1.807) is 6.08 Å². The van der Waals surface area contributed by atoms with Crippen LogP contribution in [0.15, 0.2) is 97.6 Å². The molecule has 4 aromatic heterocycles. The highest BCUT2D eigenvalue weighted by molar-refractivity contribution is 6.19. The van der Waals surface area contributed by atoms with Crippen LogP contribution in [0.1, 0.15) is 29.8 Å². The van der Waals surface area contributed by atoms with E-state index in [0.29, 0.717) is 78.4 Å². The topological polar surface area (TPSA) is 191 Å². The number of fused-ring (bicyclic) bond motifs is 2. The van der Waals surface area contributed by atoms with Crippen molar-refractivity contribution in [2.75, 3.05) is 96.5 Å². The fourth-order valence-electron chi connectivity index (χ4n) is 8.42. The minimum absolute atomic E-state index is 0.000104. The molecule has 3 fully saturated rings. The second kappa shape index (κ2) is 22.2. The van der Waals surface area contributed by atoms with Gasteiger partial charge in [-0.1, -0.05) is 54.3 Å². The van der Waals surface area contributed by atoms with Crippen molar-refractivity contribution < 1.29 is 23.8 Å². The highest BCUT2D eigenvalue weighted by Gasteiger charge is 2.30. The number of likely N-dealkylation sites (tertiary alicyclic amines) is 2. The Hall–Kier alpha value is -7.70. The summed E-state index contributed by atoms with van der Waals surface area (Å²) in [4.78, 5) is 57.3. The number of anilines is 2. The summed E-state index contributed by atoms with van der Waals surface area (Å²) in [5, 5.41) is 11.9. The lowest BCUT2D eigenvalue weighted by Gasteiger charge is -2.25. The van der Waals surface area contributed by atoms with Gasteiger partial charge in [0.1, 0.15) is 60.3 Å². The van der Waals surface area contributed by atoms with Crippen molar-refractivity contribution in [1.82, 2.24) is 49.9 Å². The van der Waals surface area contributed by atoms with E-state index in [9.17, 15) is 9.59 Å². The predicted molar refractivity (Wildman–Crippen MR) is 261 cm³/mol. The second-order valence-electron chi connectivity index (χ2n) is 16.6. The fourth-order valence-corrected chi connectivity index (χ4v) is 8.42. The molecule has 0 saturated carbocycles. The van der Waals surface area contributed by atoms with Crippen LogP contribution in [0.5, 0.6) is 11.5 Å². The van der Waals surface area contributed by atoms with Gasteiger partial charge >= 0.3 is 0 Å². The number of ether oxygens (including phenoxy) is 3. The van der Waals surface area contributed by atoms with Gasteiger partial charge in [0, 0.05) is 76.1 Å². The zero-order valence-corrected chi connectivity index (χ0v) is 38.0. The molecular weight excluding hydrogens is 861 g/mol. The maximum atomic E-state index is 14.1. The number of morpholine rings is 1. The third-order valence-electron chi connectivity index (χ3n) is 12.0. The summed E-state index contributed by atoms with van der Waals surface area (Å²) in [6.45, 7) is 7.34. The van der Waals surface area contributed by atoms with Gasteiger partial charge in [0.15, 0.2) is 0 Å². The molecule has 17 nitrogen and oxygen atoms in total. The number of nitrogens with zero attached hydrogens (tertiary/aromatic N) is 7. The molecule has 6 aromatic rings. The van der Waals surface area contributed by atoms with Crippen molar-refractivity contribution in [1.29, 1.82) is 0 Å². The largest absolute Gasteiger partial charge is 0.481 e. The molecule has 5 N–H and O–H groups in total. The number of H-pyrrole nitrogens is 2. The molecule has 3 aliphatic rings. The molecule has 17 heteroatoms. The van der Waals surface area contributed by atoms with E-state index in [2.05, 4.69) is 74.4 Å². The molecule has 2 unspecified atom stereocenters. The van der Waals surface area contributed by atoms with Gasteiger partial charge in [-0.3, -0.25) is 14.5 Å². The number of rotatable bonds is 15. The maximum absolute atomic E-state index is 14.1. The lowest BCUT2D eigenvalue weighted by molar-refractivity contribution is -0.125. The Morgan fingerprint density at radius 1 is 0.765 bits per heavy atom. The van der Waals surface area contributed by atoms with E-state index < -0.39 is 0 Å². The van der Waals surface area contributed by atoms with Gasteiger partial charge < -0.3 is 49.9 Å². The SMILES string of the molecule is CNC/C=C(/C(=O)N1CCC(Nc2ncnc3[nH]c(C#CCOc4ccccc4)cc23)C1)c1ccc(OCC#Cc2cc3c(NC4CCN(C(=O)/C=C/CN5CCOCC5)C4)ncnc3[nH]2)cc1. The van der Waals surface area contributed by atoms with Crippen LogP contribution in [0.25, 0.3) is 27.6 Å². The van der Waals surface area contributed by atoms with Crippen molar-refractivity contribution in [2.45, 2.75) is 24.9 Å². The molecule has 0 bridgehead atoms. The standard InChI is InChI=1S/C51H54N12O5/c1-52-20-17-43(51(65)63-23-19-40(33-63)60-50-45-31-37(57-48(45)54-35-56-50)8-6-26-67-41-10-3-2-4-11-41)36-13-15-42(16-14-36)68-27-7-9-38-30-44-47(58-38)53-34-55-49(44)59-39-18-22-62(32-39)46(64)12-5-21-61-24-28-66-29-25-61/h2-5,10-17,30-31,34-35,39-40,52H,18-29,32-33H2,1H3,(H2,53,55,58,59)(H2,54,56,57,60)/b12-5+,43-17+. The molecule has 0 radical (unpaired) electrons. The van der Waals surface area contributed by atoms with Crippen LogP contribution in [0, 0.1) is 23.7 Å². The number of aromatic nitrogens is 6. The minimum Gasteiger partial charge on any atom is -0.481 e. The number of hydrogen-bond donors (Lipinski definition) is 5. The zero-order chi connectivity index (χ0) is 46.5. The van der Waals surface area contributed by atoms with Crippen LogP contribution in [0.2, 0.25) is 0 Å². The number of carbonyl (C=O) groups excluding carboxylic acids is 2. The molecule has 7 heterocycles. The van der Waals surface area contributed by atoms with Gasteiger partial charge in [-0.2, -0.15) is 0 Å². The summed E-state index contributed by atoms with van der Waals surface area (Å²) in [5.41, 5.74) is 4.15. The Morgan fingerprint density at radius 2 is 1.35 bits per heavy atom. The van der Waals surface area contributed by atoms with Crippen molar-refractivity contribution in [3.63, 3.8) is 0 Å². The fraction of sp³-hybridized carbons (Fsp3) is 0.333. The molecule has 3 saturated heterocycles. The van der Waals surface area contributed by atoms with Gasteiger partial charge in [0.2, 0.25) is 5.91 Å². The molecule has 2 aromatic carbocycles. The monoisotopic (exact) mass is 914 g/mol. The molecule has 348 valence electrons. The maximum Gasteiger partial charge on any atom is 0.254 e. The summed E-state index contributed by atoms with van der Waals surface area (Å²) in [6, 6.07) is 21.0. The summed E-state index contributed by atoms with van der Waals surface area (Å²) in [5.74, 6) is 15.2. The molecule has 9 rings (SSSR count). The number of amides is 2. The average Bonchev–Trinajstić information content (AvgIpc) is 4.21. The number of para-hydroxylation sites is 1. The normalized spacial score (nSPS) is 17.5. The number of nitrogens with one attached hydrogen (secondary N) is 5. The Bertz CT molecular complexity index is 2880. The van der Waals surface area contributed by atoms with Crippen LogP contribution in [-0.4, -0.2) is 154 Å². The van der Waals surface area contributed by atoms with E-state index in [-0.39, 0.29) is 37.1 Å². The van der Waals surface area contributed by atoms with Crippen molar-refractivity contribution in [3.8, 4) is 35.2 Å². The first kappa shape index (κ1) is 45.5.